The molecule has 4 nitrogen and oxygen atoms in total. The average Bonchev–Trinajstić information content (AvgIpc) is 2.96. The van der Waals surface area contributed by atoms with Crippen molar-refractivity contribution in [2.45, 2.75) is 11.4 Å². The summed E-state index contributed by atoms with van der Waals surface area (Å²) in [6.45, 7) is 0.452. The highest BCUT2D eigenvalue weighted by Crippen LogP contribution is 2.27. The average molecular weight is 276 g/mol. The highest BCUT2D eigenvalue weighted by Gasteiger charge is 2.09. The second kappa shape index (κ2) is 4.72. The Morgan fingerprint density at radius 3 is 2.72 bits per heavy atom. The van der Waals surface area contributed by atoms with Crippen molar-refractivity contribution in [1.29, 1.82) is 0 Å². The topological polar surface area (TPSA) is 56.2 Å². The maximum absolute atomic E-state index is 5.55. The minimum Gasteiger partial charge on any atom is -0.325 e. The molecule has 1 aromatic carbocycles. The summed E-state index contributed by atoms with van der Waals surface area (Å²) in [7, 11) is 0. The van der Waals surface area contributed by atoms with E-state index in [1.807, 2.05) is 6.20 Å². The van der Waals surface area contributed by atoms with Crippen LogP contribution in [0.15, 0.2) is 35.4 Å². The first-order chi connectivity index (χ1) is 8.80. The Morgan fingerprint density at radius 1 is 1.33 bits per heavy atom. The largest absolute Gasteiger partial charge is 0.325 e. The summed E-state index contributed by atoms with van der Waals surface area (Å²) in [5, 5.41) is 5.50. The molecule has 0 saturated heterocycles. The molecule has 0 amide bonds. The van der Waals surface area contributed by atoms with Crippen LogP contribution in [0.5, 0.6) is 0 Å². The van der Waals surface area contributed by atoms with Gasteiger partial charge in [-0.25, -0.2) is 9.50 Å². The van der Waals surface area contributed by atoms with Gasteiger partial charge in [0.05, 0.1) is 11.9 Å². The van der Waals surface area contributed by atoms with E-state index in [0.29, 0.717) is 6.54 Å². The molecule has 0 aliphatic heterocycles. The summed E-state index contributed by atoms with van der Waals surface area (Å²) in [5.41, 5.74) is 7.55. The first kappa shape index (κ1) is 11.7. The molecule has 2 N–H and O–H groups in total. The van der Waals surface area contributed by atoms with Crippen LogP contribution < -0.4 is 5.73 Å². The Bertz CT molecular complexity index is 638. The lowest BCUT2D eigenvalue weighted by Gasteiger charge is -1.97. The van der Waals surface area contributed by atoms with Gasteiger partial charge in [-0.15, -0.1) is 11.8 Å². The fourth-order valence-corrected chi connectivity index (χ4v) is 3.01. The van der Waals surface area contributed by atoms with E-state index >= 15 is 0 Å². The van der Waals surface area contributed by atoms with Crippen molar-refractivity contribution in [1.82, 2.24) is 14.6 Å². The molecule has 0 aliphatic rings. The number of hydrogen-bond acceptors (Lipinski definition) is 5. The molecule has 92 valence electrons. The summed E-state index contributed by atoms with van der Waals surface area (Å²) in [6.07, 6.45) is 3.95. The third kappa shape index (κ3) is 2.03. The standard InChI is InChI=1S/C12H12N4S2/c1-17-10-4-2-8(3-5-10)11-15-16-7-9(6-13)14-12(16)18-11/h2-5,7H,6,13H2,1H3. The molecule has 18 heavy (non-hydrogen) atoms. The van der Waals surface area contributed by atoms with E-state index in [2.05, 4.69) is 40.6 Å². The van der Waals surface area contributed by atoms with Gasteiger partial charge in [0.15, 0.2) is 0 Å². The smallest absolute Gasteiger partial charge is 0.212 e. The second-order valence-electron chi connectivity index (χ2n) is 3.80. The number of rotatable bonds is 3. The zero-order valence-corrected chi connectivity index (χ0v) is 11.5. The molecule has 0 fully saturated rings. The van der Waals surface area contributed by atoms with Crippen molar-refractivity contribution >= 4 is 28.1 Å². The predicted octanol–water partition coefficient (Wildman–Crippen LogP) is 2.64. The third-order valence-electron chi connectivity index (χ3n) is 2.64. The van der Waals surface area contributed by atoms with Crippen LogP contribution in [0.3, 0.4) is 0 Å². The quantitative estimate of drug-likeness (QED) is 0.747. The van der Waals surface area contributed by atoms with Crippen molar-refractivity contribution in [3.8, 4) is 10.6 Å². The number of fused-ring (bicyclic) bond motifs is 1. The normalized spacial score (nSPS) is 11.2. The minimum atomic E-state index is 0.452. The molecule has 0 bridgehead atoms. The summed E-state index contributed by atoms with van der Waals surface area (Å²) >= 11 is 3.31. The molecule has 0 atom stereocenters. The van der Waals surface area contributed by atoms with E-state index < -0.39 is 0 Å². The van der Waals surface area contributed by atoms with Crippen molar-refractivity contribution in [2.24, 2.45) is 5.73 Å². The molecule has 3 rings (SSSR count). The van der Waals surface area contributed by atoms with Crippen LogP contribution in [-0.2, 0) is 6.54 Å². The minimum absolute atomic E-state index is 0.452. The monoisotopic (exact) mass is 276 g/mol. The third-order valence-corrected chi connectivity index (χ3v) is 4.35. The van der Waals surface area contributed by atoms with Crippen LogP contribution in [0, 0.1) is 0 Å². The number of nitrogens with zero attached hydrogens (tertiary/aromatic N) is 3. The number of thioether (sulfide) groups is 1. The molecule has 2 heterocycles. The Labute approximate surface area is 113 Å². The second-order valence-corrected chi connectivity index (χ2v) is 5.63. The first-order valence-electron chi connectivity index (χ1n) is 5.50. The number of aromatic nitrogens is 3. The molecule has 3 aromatic rings. The Balaban J connectivity index is 1.99. The number of nitrogens with two attached hydrogens (primary N) is 1. The molecule has 0 unspecified atom stereocenters. The van der Waals surface area contributed by atoms with E-state index in [9.17, 15) is 0 Å². The van der Waals surface area contributed by atoms with Crippen LogP contribution in [0.25, 0.3) is 15.5 Å². The zero-order valence-electron chi connectivity index (χ0n) is 9.83. The van der Waals surface area contributed by atoms with Crippen LogP contribution in [0.4, 0.5) is 0 Å². The van der Waals surface area contributed by atoms with Gasteiger partial charge < -0.3 is 5.73 Å². The van der Waals surface area contributed by atoms with Crippen LogP contribution in [0.1, 0.15) is 5.69 Å². The van der Waals surface area contributed by atoms with Crippen molar-refractivity contribution in [2.75, 3.05) is 6.26 Å². The van der Waals surface area contributed by atoms with Crippen molar-refractivity contribution in [3.05, 3.63) is 36.2 Å². The lowest BCUT2D eigenvalue weighted by Crippen LogP contribution is -1.95. The molecule has 6 heteroatoms. The first-order valence-corrected chi connectivity index (χ1v) is 7.54. The van der Waals surface area contributed by atoms with Gasteiger partial charge in [-0.3, -0.25) is 0 Å². The van der Waals surface area contributed by atoms with E-state index in [0.717, 1.165) is 21.2 Å². The van der Waals surface area contributed by atoms with E-state index in [4.69, 9.17) is 5.73 Å². The fraction of sp³-hybridized carbons (Fsp3) is 0.167. The molecule has 0 radical (unpaired) electrons. The van der Waals surface area contributed by atoms with Gasteiger partial charge in [0.25, 0.3) is 0 Å². The van der Waals surface area contributed by atoms with Gasteiger partial charge in [0, 0.05) is 17.0 Å². The Kier molecular flexibility index (Phi) is 3.07. The lowest BCUT2D eigenvalue weighted by atomic mass is 10.2. The predicted molar refractivity (Wildman–Crippen MR) is 76.0 cm³/mol. The molecular formula is C12H12N4S2. The molecule has 0 saturated carbocycles. The SMILES string of the molecule is CSc1ccc(-c2nn3cc(CN)nc3s2)cc1. The van der Waals surface area contributed by atoms with Gasteiger partial charge in [0.2, 0.25) is 4.96 Å². The summed E-state index contributed by atoms with van der Waals surface area (Å²) in [5.74, 6) is 0. The molecule has 2 aromatic heterocycles. The van der Waals surface area contributed by atoms with E-state index in [1.165, 1.54) is 4.90 Å². The number of imidazole rings is 1. The molecular weight excluding hydrogens is 264 g/mol. The fourth-order valence-electron chi connectivity index (χ4n) is 1.69. The number of benzene rings is 1. The van der Waals surface area contributed by atoms with Gasteiger partial charge in [-0.1, -0.05) is 23.5 Å². The lowest BCUT2D eigenvalue weighted by molar-refractivity contribution is 0.959. The van der Waals surface area contributed by atoms with Crippen molar-refractivity contribution < 1.29 is 0 Å². The van der Waals surface area contributed by atoms with Crippen LogP contribution >= 0.6 is 23.1 Å². The Morgan fingerprint density at radius 2 is 2.11 bits per heavy atom. The van der Waals surface area contributed by atoms with Gasteiger partial charge in [-0.2, -0.15) is 5.10 Å². The summed E-state index contributed by atoms with van der Waals surface area (Å²) in [4.78, 5) is 6.54. The highest BCUT2D eigenvalue weighted by atomic mass is 32.2. The number of hydrogen-bond donors (Lipinski definition) is 1. The molecule has 0 aliphatic carbocycles. The van der Waals surface area contributed by atoms with Crippen LogP contribution in [0.2, 0.25) is 0 Å². The maximum Gasteiger partial charge on any atom is 0.212 e. The van der Waals surface area contributed by atoms with Crippen molar-refractivity contribution in [3.63, 3.8) is 0 Å². The zero-order chi connectivity index (χ0) is 12.5. The van der Waals surface area contributed by atoms with Gasteiger partial charge in [0.1, 0.15) is 5.01 Å². The maximum atomic E-state index is 5.55. The van der Waals surface area contributed by atoms with E-state index in [1.54, 1.807) is 27.6 Å². The van der Waals surface area contributed by atoms with Gasteiger partial charge >= 0.3 is 0 Å². The van der Waals surface area contributed by atoms with E-state index in [-0.39, 0.29) is 0 Å². The summed E-state index contributed by atoms with van der Waals surface area (Å²) < 4.78 is 1.80. The Hall–Kier alpha value is -1.37. The summed E-state index contributed by atoms with van der Waals surface area (Å²) in [6, 6.07) is 8.40. The van der Waals surface area contributed by atoms with Gasteiger partial charge in [-0.05, 0) is 18.4 Å². The molecule has 0 spiro atoms. The van der Waals surface area contributed by atoms with Crippen LogP contribution in [-0.4, -0.2) is 20.9 Å². The highest BCUT2D eigenvalue weighted by molar-refractivity contribution is 7.98.